The Morgan fingerprint density at radius 2 is 1.67 bits per heavy atom. The molecule has 0 heterocycles. The summed E-state index contributed by atoms with van der Waals surface area (Å²) in [6.45, 7) is 5.96. The third-order valence-corrected chi connectivity index (χ3v) is 5.43. The fourth-order valence-electron chi connectivity index (χ4n) is 3.18. The fourth-order valence-corrected chi connectivity index (χ4v) is 3.71. The molecule has 0 saturated carbocycles. The normalized spacial score (nSPS) is 11.8. The quantitative estimate of drug-likeness (QED) is 0.592. The van der Waals surface area contributed by atoms with Gasteiger partial charge in [-0.1, -0.05) is 48.3 Å². The molecule has 1 N–H and O–H groups in total. The average Bonchev–Trinajstić information content (AvgIpc) is 2.70. The molecule has 0 aromatic heterocycles. The Balaban J connectivity index is 2.34. The maximum atomic E-state index is 13.3. The summed E-state index contributed by atoms with van der Waals surface area (Å²) in [6.07, 6.45) is 0.497. The monoisotopic (exact) mass is 450 g/mol. The highest BCUT2D eigenvalue weighted by atomic mass is 35.5. The van der Waals surface area contributed by atoms with Gasteiger partial charge in [0.25, 0.3) is 0 Å². The molecule has 0 aliphatic rings. The molecule has 1 atom stereocenters. The van der Waals surface area contributed by atoms with Gasteiger partial charge in [-0.05, 0) is 55.7 Å². The van der Waals surface area contributed by atoms with Crippen LogP contribution in [0, 0.1) is 0 Å². The summed E-state index contributed by atoms with van der Waals surface area (Å²) in [5.74, 6) is 0.329. The van der Waals surface area contributed by atoms with Gasteiger partial charge in [-0.3, -0.25) is 9.59 Å². The number of rotatable bonds is 9. The summed E-state index contributed by atoms with van der Waals surface area (Å²) in [7, 11) is 1.60. The van der Waals surface area contributed by atoms with E-state index in [4.69, 9.17) is 27.9 Å². The van der Waals surface area contributed by atoms with Gasteiger partial charge in [-0.15, -0.1) is 0 Å². The predicted octanol–water partition coefficient (Wildman–Crippen LogP) is 4.88. The maximum absolute atomic E-state index is 13.3. The Morgan fingerprint density at radius 1 is 1.07 bits per heavy atom. The van der Waals surface area contributed by atoms with Crippen molar-refractivity contribution in [3.8, 4) is 5.75 Å². The molecule has 30 heavy (non-hydrogen) atoms. The number of nitrogens with one attached hydrogen (secondary N) is 1. The van der Waals surface area contributed by atoms with Gasteiger partial charge >= 0.3 is 0 Å². The van der Waals surface area contributed by atoms with Crippen molar-refractivity contribution in [3.05, 3.63) is 63.6 Å². The third-order valence-electron chi connectivity index (χ3n) is 4.72. The Morgan fingerprint density at radius 3 is 2.17 bits per heavy atom. The minimum atomic E-state index is -0.608. The van der Waals surface area contributed by atoms with Crippen LogP contribution in [-0.2, 0) is 22.6 Å². The Kier molecular flexibility index (Phi) is 9.00. The molecule has 0 unspecified atom stereocenters. The molecule has 0 aliphatic heterocycles. The van der Waals surface area contributed by atoms with Gasteiger partial charge in [0.2, 0.25) is 11.8 Å². The van der Waals surface area contributed by atoms with E-state index in [1.54, 1.807) is 30.2 Å². The third kappa shape index (κ3) is 6.38. The van der Waals surface area contributed by atoms with Crippen LogP contribution in [-0.4, -0.2) is 35.9 Å². The zero-order chi connectivity index (χ0) is 22.3. The molecule has 0 aliphatic carbocycles. The molecule has 0 radical (unpaired) electrons. The first-order valence-electron chi connectivity index (χ1n) is 9.92. The van der Waals surface area contributed by atoms with E-state index in [1.165, 1.54) is 0 Å². The molecule has 162 valence electrons. The highest BCUT2D eigenvalue weighted by molar-refractivity contribution is 6.36. The van der Waals surface area contributed by atoms with Crippen molar-refractivity contribution in [2.45, 2.75) is 52.2 Å². The maximum Gasteiger partial charge on any atom is 0.243 e. The van der Waals surface area contributed by atoms with Gasteiger partial charge in [0, 0.05) is 22.6 Å². The lowest BCUT2D eigenvalue weighted by Gasteiger charge is -2.31. The summed E-state index contributed by atoms with van der Waals surface area (Å²) in [5, 5.41) is 3.78. The Labute approximate surface area is 188 Å². The smallest absolute Gasteiger partial charge is 0.243 e. The molecule has 7 heteroatoms. The first kappa shape index (κ1) is 24.0. The van der Waals surface area contributed by atoms with Crippen molar-refractivity contribution in [2.75, 3.05) is 7.11 Å². The number of benzene rings is 2. The molecule has 0 bridgehead atoms. The summed E-state index contributed by atoms with van der Waals surface area (Å²) < 4.78 is 5.20. The zero-order valence-electron chi connectivity index (χ0n) is 17.7. The van der Waals surface area contributed by atoms with Gasteiger partial charge < -0.3 is 15.0 Å². The van der Waals surface area contributed by atoms with E-state index in [0.717, 1.165) is 11.3 Å². The fraction of sp³-hybridized carbons (Fsp3) is 0.391. The minimum absolute atomic E-state index is 0.0140. The number of ether oxygens (including phenoxy) is 1. The summed E-state index contributed by atoms with van der Waals surface area (Å²) in [6, 6.07) is 11.9. The Bertz CT molecular complexity index is 849. The van der Waals surface area contributed by atoms with Crippen LogP contribution < -0.4 is 10.1 Å². The second kappa shape index (κ2) is 11.2. The van der Waals surface area contributed by atoms with E-state index in [1.807, 2.05) is 45.0 Å². The molecular weight excluding hydrogens is 423 g/mol. The van der Waals surface area contributed by atoms with Crippen molar-refractivity contribution in [3.63, 3.8) is 0 Å². The predicted molar refractivity (Wildman–Crippen MR) is 121 cm³/mol. The number of hydrogen-bond acceptors (Lipinski definition) is 3. The van der Waals surface area contributed by atoms with E-state index in [2.05, 4.69) is 5.32 Å². The molecule has 0 fully saturated rings. The van der Waals surface area contributed by atoms with Gasteiger partial charge in [0.15, 0.2) is 0 Å². The summed E-state index contributed by atoms with van der Waals surface area (Å²) in [4.78, 5) is 27.8. The van der Waals surface area contributed by atoms with E-state index < -0.39 is 6.04 Å². The molecule has 5 nitrogen and oxygen atoms in total. The number of nitrogens with zero attached hydrogens (tertiary/aromatic N) is 1. The standard InChI is InChI=1S/C23H28Cl2N2O3/c1-5-21(23(29)26-15(2)3)27(14-16-9-11-17(30-4)12-10-16)22(28)13-18-19(24)7-6-8-20(18)25/h6-12,15,21H,5,13-14H2,1-4H3,(H,26,29)/t21-/m0/s1. The van der Waals surface area contributed by atoms with Crippen molar-refractivity contribution in [1.82, 2.24) is 10.2 Å². The lowest BCUT2D eigenvalue weighted by atomic mass is 10.1. The molecule has 0 spiro atoms. The van der Waals surface area contributed by atoms with Crippen molar-refractivity contribution >= 4 is 35.0 Å². The summed E-state index contributed by atoms with van der Waals surface area (Å²) in [5.41, 5.74) is 1.45. The lowest BCUT2D eigenvalue weighted by Crippen LogP contribution is -2.50. The van der Waals surface area contributed by atoms with Crippen LogP contribution in [0.4, 0.5) is 0 Å². The highest BCUT2D eigenvalue weighted by Gasteiger charge is 2.29. The minimum Gasteiger partial charge on any atom is -0.497 e. The van der Waals surface area contributed by atoms with Gasteiger partial charge in [-0.2, -0.15) is 0 Å². The topological polar surface area (TPSA) is 58.6 Å². The van der Waals surface area contributed by atoms with Crippen LogP contribution >= 0.6 is 23.2 Å². The van der Waals surface area contributed by atoms with Gasteiger partial charge in [0.05, 0.1) is 13.5 Å². The van der Waals surface area contributed by atoms with E-state index in [9.17, 15) is 9.59 Å². The van der Waals surface area contributed by atoms with E-state index in [0.29, 0.717) is 22.0 Å². The van der Waals surface area contributed by atoms with Gasteiger partial charge in [-0.25, -0.2) is 0 Å². The van der Waals surface area contributed by atoms with Crippen molar-refractivity contribution in [2.24, 2.45) is 0 Å². The molecule has 2 aromatic rings. The highest BCUT2D eigenvalue weighted by Crippen LogP contribution is 2.26. The zero-order valence-corrected chi connectivity index (χ0v) is 19.3. The van der Waals surface area contributed by atoms with Crippen LogP contribution in [0.2, 0.25) is 10.0 Å². The van der Waals surface area contributed by atoms with Crippen LogP contribution in [0.5, 0.6) is 5.75 Å². The summed E-state index contributed by atoms with van der Waals surface area (Å²) >= 11 is 12.5. The lowest BCUT2D eigenvalue weighted by molar-refractivity contribution is -0.141. The van der Waals surface area contributed by atoms with E-state index in [-0.39, 0.29) is 30.8 Å². The average molecular weight is 451 g/mol. The number of carbonyl (C=O) groups is 2. The van der Waals surface area contributed by atoms with Crippen LogP contribution in [0.15, 0.2) is 42.5 Å². The number of amides is 2. The molecule has 0 saturated heterocycles. The molecule has 2 rings (SSSR count). The molecule has 2 amide bonds. The number of halogens is 2. The molecular formula is C23H28Cl2N2O3. The second-order valence-corrected chi connectivity index (χ2v) is 8.15. The van der Waals surface area contributed by atoms with Gasteiger partial charge in [0.1, 0.15) is 11.8 Å². The largest absolute Gasteiger partial charge is 0.497 e. The SMILES string of the molecule is CC[C@@H](C(=O)NC(C)C)N(Cc1ccc(OC)cc1)C(=O)Cc1c(Cl)cccc1Cl. The number of methoxy groups -OCH3 is 1. The van der Waals surface area contributed by atoms with Crippen LogP contribution in [0.25, 0.3) is 0 Å². The molecule has 2 aromatic carbocycles. The van der Waals surface area contributed by atoms with E-state index >= 15 is 0 Å². The van der Waals surface area contributed by atoms with Crippen LogP contribution in [0.3, 0.4) is 0 Å². The van der Waals surface area contributed by atoms with Crippen molar-refractivity contribution in [1.29, 1.82) is 0 Å². The number of carbonyl (C=O) groups excluding carboxylic acids is 2. The van der Waals surface area contributed by atoms with Crippen molar-refractivity contribution < 1.29 is 14.3 Å². The Hall–Kier alpha value is -2.24. The first-order chi connectivity index (χ1) is 14.3. The van der Waals surface area contributed by atoms with Crippen LogP contribution in [0.1, 0.15) is 38.3 Å². The first-order valence-corrected chi connectivity index (χ1v) is 10.7. The number of hydrogen-bond donors (Lipinski definition) is 1. The second-order valence-electron chi connectivity index (χ2n) is 7.33.